The number of carbonyl (C=O) groups is 1. The van der Waals surface area contributed by atoms with Gasteiger partial charge in [-0.25, -0.2) is 8.42 Å². The first-order valence-corrected chi connectivity index (χ1v) is 5.90. The number of sulfonamides is 1. The summed E-state index contributed by atoms with van der Waals surface area (Å²) in [7, 11) is -3.75. The summed E-state index contributed by atoms with van der Waals surface area (Å²) in [4.78, 5) is 10.3. The molecule has 2 N–H and O–H groups in total. The standard InChI is InChI=1S/C7H13NO5S/c9-4-6-2-1-3-8(6)14(12,13)5-7(10)11/h6,9H,1-5H2,(H,10,11). The lowest BCUT2D eigenvalue weighted by Gasteiger charge is -2.21. The maximum absolute atomic E-state index is 11.4. The van der Waals surface area contributed by atoms with Crippen LogP contribution >= 0.6 is 0 Å². The molecule has 82 valence electrons. The van der Waals surface area contributed by atoms with E-state index in [0.717, 1.165) is 4.31 Å². The van der Waals surface area contributed by atoms with Crippen LogP contribution in [-0.4, -0.2) is 53.9 Å². The predicted octanol–water partition coefficient (Wildman–Crippen LogP) is -1.14. The number of aliphatic carboxylic acids is 1. The summed E-state index contributed by atoms with van der Waals surface area (Å²) >= 11 is 0. The Labute approximate surface area is 82.2 Å². The molecule has 1 aliphatic heterocycles. The van der Waals surface area contributed by atoms with Crippen LogP contribution in [0.3, 0.4) is 0 Å². The van der Waals surface area contributed by atoms with Gasteiger partial charge in [0.05, 0.1) is 6.61 Å². The van der Waals surface area contributed by atoms with Crippen molar-refractivity contribution in [1.29, 1.82) is 0 Å². The van der Waals surface area contributed by atoms with E-state index in [-0.39, 0.29) is 6.61 Å². The highest BCUT2D eigenvalue weighted by atomic mass is 32.2. The summed E-state index contributed by atoms with van der Waals surface area (Å²) in [5.74, 6) is -2.27. The van der Waals surface area contributed by atoms with E-state index in [1.54, 1.807) is 0 Å². The van der Waals surface area contributed by atoms with Crippen LogP contribution in [0.2, 0.25) is 0 Å². The van der Waals surface area contributed by atoms with Crippen LogP contribution < -0.4 is 0 Å². The Hall–Kier alpha value is -0.660. The van der Waals surface area contributed by atoms with Gasteiger partial charge in [0.2, 0.25) is 10.0 Å². The molecule has 1 rings (SSSR count). The second kappa shape index (κ2) is 4.24. The maximum atomic E-state index is 11.4. The fraction of sp³-hybridized carbons (Fsp3) is 0.857. The van der Waals surface area contributed by atoms with Crippen LogP contribution in [0.4, 0.5) is 0 Å². The zero-order valence-electron chi connectivity index (χ0n) is 7.59. The average Bonchev–Trinajstić information content (AvgIpc) is 2.48. The van der Waals surface area contributed by atoms with Crippen LogP contribution in [0, 0.1) is 0 Å². The zero-order valence-corrected chi connectivity index (χ0v) is 8.40. The van der Waals surface area contributed by atoms with Crippen LogP contribution in [-0.2, 0) is 14.8 Å². The average molecular weight is 223 g/mol. The highest BCUT2D eigenvalue weighted by molar-refractivity contribution is 7.89. The van der Waals surface area contributed by atoms with Crippen LogP contribution in [0.1, 0.15) is 12.8 Å². The molecule has 1 saturated heterocycles. The summed E-state index contributed by atoms with van der Waals surface area (Å²) in [6.07, 6.45) is 1.26. The van der Waals surface area contributed by atoms with E-state index in [1.807, 2.05) is 0 Å². The van der Waals surface area contributed by atoms with Crippen molar-refractivity contribution in [2.45, 2.75) is 18.9 Å². The number of aliphatic hydroxyl groups is 1. The van der Waals surface area contributed by atoms with Crippen molar-refractivity contribution >= 4 is 16.0 Å². The molecule has 1 unspecified atom stereocenters. The largest absolute Gasteiger partial charge is 0.480 e. The molecule has 0 amide bonds. The van der Waals surface area contributed by atoms with Gasteiger partial charge in [-0.3, -0.25) is 4.79 Å². The summed E-state index contributed by atoms with van der Waals surface area (Å²) in [5.41, 5.74) is 0. The lowest BCUT2D eigenvalue weighted by molar-refractivity contribution is -0.134. The molecule has 0 spiro atoms. The molecule has 6 nitrogen and oxygen atoms in total. The third-order valence-corrected chi connectivity index (χ3v) is 4.00. The van der Waals surface area contributed by atoms with Crippen molar-refractivity contribution in [3.8, 4) is 0 Å². The quantitative estimate of drug-likeness (QED) is 0.628. The first-order chi connectivity index (χ1) is 6.47. The van der Waals surface area contributed by atoms with Gasteiger partial charge in [-0.1, -0.05) is 0 Å². The van der Waals surface area contributed by atoms with Crippen molar-refractivity contribution in [1.82, 2.24) is 4.31 Å². The molecule has 0 aromatic heterocycles. The Bertz CT molecular complexity index is 312. The first-order valence-electron chi connectivity index (χ1n) is 4.29. The Morgan fingerprint density at radius 3 is 2.64 bits per heavy atom. The van der Waals surface area contributed by atoms with Gasteiger partial charge in [-0.15, -0.1) is 0 Å². The highest BCUT2D eigenvalue weighted by Gasteiger charge is 2.34. The maximum Gasteiger partial charge on any atom is 0.320 e. The summed E-state index contributed by atoms with van der Waals surface area (Å²) < 4.78 is 24.0. The van der Waals surface area contributed by atoms with Crippen LogP contribution in [0.15, 0.2) is 0 Å². The Morgan fingerprint density at radius 2 is 2.14 bits per heavy atom. The Balaban J connectivity index is 2.76. The molecule has 1 aliphatic rings. The van der Waals surface area contributed by atoms with Gasteiger partial charge in [0.25, 0.3) is 0 Å². The first kappa shape index (κ1) is 11.4. The lowest BCUT2D eigenvalue weighted by Crippen LogP contribution is -2.40. The fourth-order valence-electron chi connectivity index (χ4n) is 1.60. The molecule has 1 atom stereocenters. The van der Waals surface area contributed by atoms with E-state index in [4.69, 9.17) is 10.2 Å². The van der Waals surface area contributed by atoms with Crippen molar-refractivity contribution in [3.05, 3.63) is 0 Å². The smallest absolute Gasteiger partial charge is 0.320 e. The van der Waals surface area contributed by atoms with E-state index in [1.165, 1.54) is 0 Å². The molecule has 0 bridgehead atoms. The van der Waals surface area contributed by atoms with Crippen molar-refractivity contribution in [2.24, 2.45) is 0 Å². The Morgan fingerprint density at radius 1 is 1.50 bits per heavy atom. The van der Waals surface area contributed by atoms with E-state index >= 15 is 0 Å². The number of carboxylic acids is 1. The summed E-state index contributed by atoms with van der Waals surface area (Å²) in [5, 5.41) is 17.3. The molecule has 14 heavy (non-hydrogen) atoms. The Kier molecular flexibility index (Phi) is 3.46. The van der Waals surface area contributed by atoms with E-state index in [9.17, 15) is 13.2 Å². The normalized spacial score (nSPS) is 23.9. The minimum atomic E-state index is -3.75. The third-order valence-electron chi connectivity index (χ3n) is 2.20. The monoisotopic (exact) mass is 223 g/mol. The molecule has 0 aliphatic carbocycles. The van der Waals surface area contributed by atoms with Gasteiger partial charge in [-0.2, -0.15) is 4.31 Å². The summed E-state index contributed by atoms with van der Waals surface area (Å²) in [6.45, 7) is 0.0552. The fourth-order valence-corrected chi connectivity index (χ4v) is 3.11. The molecule has 1 heterocycles. The molecule has 0 radical (unpaired) electrons. The van der Waals surface area contributed by atoms with E-state index < -0.39 is 27.8 Å². The third kappa shape index (κ3) is 2.43. The van der Waals surface area contributed by atoms with Crippen LogP contribution in [0.25, 0.3) is 0 Å². The summed E-state index contributed by atoms with van der Waals surface area (Å²) in [6, 6.07) is -0.445. The second-order valence-electron chi connectivity index (χ2n) is 3.24. The number of nitrogens with zero attached hydrogens (tertiary/aromatic N) is 1. The van der Waals surface area contributed by atoms with Gasteiger partial charge in [0.1, 0.15) is 0 Å². The van der Waals surface area contributed by atoms with Gasteiger partial charge >= 0.3 is 5.97 Å². The molecule has 0 saturated carbocycles. The number of rotatable bonds is 4. The predicted molar refractivity (Wildman–Crippen MR) is 48.2 cm³/mol. The number of hydrogen-bond donors (Lipinski definition) is 2. The van der Waals surface area contributed by atoms with Crippen molar-refractivity contribution in [3.63, 3.8) is 0 Å². The van der Waals surface area contributed by atoms with Crippen LogP contribution in [0.5, 0.6) is 0 Å². The van der Waals surface area contributed by atoms with Crippen molar-refractivity contribution in [2.75, 3.05) is 18.9 Å². The second-order valence-corrected chi connectivity index (χ2v) is 5.16. The lowest BCUT2D eigenvalue weighted by atomic mass is 10.2. The van der Waals surface area contributed by atoms with Gasteiger partial charge in [-0.05, 0) is 12.8 Å². The van der Waals surface area contributed by atoms with Gasteiger partial charge < -0.3 is 10.2 Å². The SMILES string of the molecule is O=C(O)CS(=O)(=O)N1CCCC1CO. The topological polar surface area (TPSA) is 94.9 Å². The molecule has 7 heteroatoms. The highest BCUT2D eigenvalue weighted by Crippen LogP contribution is 2.20. The minimum Gasteiger partial charge on any atom is -0.480 e. The number of hydrogen-bond acceptors (Lipinski definition) is 4. The molecule has 0 aromatic carbocycles. The number of aliphatic hydroxyl groups excluding tert-OH is 1. The molecular weight excluding hydrogens is 210 g/mol. The van der Waals surface area contributed by atoms with Crippen molar-refractivity contribution < 1.29 is 23.4 Å². The molecule has 1 fully saturated rings. The minimum absolute atomic E-state index is 0.251. The van der Waals surface area contributed by atoms with Gasteiger partial charge in [0, 0.05) is 12.6 Å². The van der Waals surface area contributed by atoms with E-state index in [0.29, 0.717) is 19.4 Å². The van der Waals surface area contributed by atoms with E-state index in [2.05, 4.69) is 0 Å². The molecule has 0 aromatic rings. The van der Waals surface area contributed by atoms with Gasteiger partial charge in [0.15, 0.2) is 5.75 Å². The molecular formula is C7H13NO5S. The number of carboxylic acid groups (broad SMARTS) is 1. The zero-order chi connectivity index (χ0) is 10.8.